The predicted octanol–water partition coefficient (Wildman–Crippen LogP) is 5.96. The maximum absolute atomic E-state index is 14.5. The van der Waals surface area contributed by atoms with Crippen molar-refractivity contribution in [2.45, 2.75) is 32.6 Å². The summed E-state index contributed by atoms with van der Waals surface area (Å²) in [6, 6.07) is 7.37. The summed E-state index contributed by atoms with van der Waals surface area (Å²) >= 11 is 0. The van der Waals surface area contributed by atoms with E-state index in [1.54, 1.807) is 18.5 Å². The molecule has 0 aliphatic rings. The molecule has 0 unspecified atom stereocenters. The second-order valence-electron chi connectivity index (χ2n) is 6.22. The van der Waals surface area contributed by atoms with Gasteiger partial charge in [-0.15, -0.1) is 0 Å². The molecule has 0 radical (unpaired) electrons. The van der Waals surface area contributed by atoms with E-state index in [0.29, 0.717) is 11.4 Å². The van der Waals surface area contributed by atoms with Crippen LogP contribution in [0.15, 0.2) is 48.8 Å². The van der Waals surface area contributed by atoms with Gasteiger partial charge < -0.3 is 0 Å². The minimum atomic E-state index is -0.745. The van der Waals surface area contributed by atoms with Gasteiger partial charge in [0.25, 0.3) is 0 Å². The molecule has 1 heterocycles. The van der Waals surface area contributed by atoms with Gasteiger partial charge in [0.05, 0.1) is 0 Å². The van der Waals surface area contributed by atoms with Crippen LogP contribution in [0.4, 0.5) is 13.2 Å². The highest BCUT2D eigenvalue weighted by Gasteiger charge is 2.11. The Bertz CT molecular complexity index is 872. The highest BCUT2D eigenvalue weighted by molar-refractivity contribution is 5.68. The lowest BCUT2D eigenvalue weighted by molar-refractivity contribution is 0.583. The van der Waals surface area contributed by atoms with Gasteiger partial charge in [0.15, 0.2) is 5.82 Å². The smallest absolute Gasteiger partial charge is 0.159 e. The topological polar surface area (TPSA) is 25.8 Å². The predicted molar refractivity (Wildman–Crippen MR) is 96.0 cm³/mol. The Hall–Kier alpha value is -2.69. The largest absolute Gasteiger partial charge is 0.236 e. The van der Waals surface area contributed by atoms with Crippen molar-refractivity contribution in [1.29, 1.82) is 0 Å². The van der Waals surface area contributed by atoms with Crippen molar-refractivity contribution in [1.82, 2.24) is 9.97 Å². The van der Waals surface area contributed by atoms with Crippen LogP contribution in [-0.4, -0.2) is 9.97 Å². The van der Waals surface area contributed by atoms with Crippen molar-refractivity contribution in [3.63, 3.8) is 0 Å². The first kappa shape index (κ1) is 18.1. The molecule has 1 aromatic heterocycles. The molecule has 0 atom stereocenters. The second-order valence-corrected chi connectivity index (χ2v) is 6.22. The molecule has 0 saturated heterocycles. The number of halogens is 3. The minimum Gasteiger partial charge on any atom is -0.236 e. The molecule has 2 aromatic carbocycles. The first-order valence-corrected chi connectivity index (χ1v) is 8.64. The standard InChI is InChI=1S/C21H19F3N2/c1-2-3-4-5-14-12-25-21(26-13-14)15-6-7-19(20(24)10-15)16-8-17(22)11-18(23)9-16/h6-13H,2-5H2,1H3. The number of aromatic nitrogens is 2. The number of hydrogen-bond donors (Lipinski definition) is 0. The van der Waals surface area contributed by atoms with Gasteiger partial charge in [-0.05, 0) is 42.2 Å². The van der Waals surface area contributed by atoms with Crippen molar-refractivity contribution in [3.05, 3.63) is 71.8 Å². The summed E-state index contributed by atoms with van der Waals surface area (Å²) < 4.78 is 41.2. The van der Waals surface area contributed by atoms with E-state index < -0.39 is 17.5 Å². The molecule has 2 nitrogen and oxygen atoms in total. The molecule has 3 rings (SSSR count). The van der Waals surface area contributed by atoms with Crippen LogP contribution in [0.5, 0.6) is 0 Å². The van der Waals surface area contributed by atoms with Crippen LogP contribution in [-0.2, 0) is 6.42 Å². The Labute approximate surface area is 150 Å². The Morgan fingerprint density at radius 3 is 2.12 bits per heavy atom. The van der Waals surface area contributed by atoms with Crippen molar-refractivity contribution in [2.24, 2.45) is 0 Å². The molecule has 0 amide bonds. The SMILES string of the molecule is CCCCCc1cnc(-c2ccc(-c3cc(F)cc(F)c3)c(F)c2)nc1. The van der Waals surface area contributed by atoms with Gasteiger partial charge in [-0.25, -0.2) is 23.1 Å². The Kier molecular flexibility index (Phi) is 5.66. The highest BCUT2D eigenvalue weighted by atomic mass is 19.1. The Morgan fingerprint density at radius 1 is 0.808 bits per heavy atom. The zero-order valence-corrected chi connectivity index (χ0v) is 14.5. The molecule has 0 aliphatic heterocycles. The van der Waals surface area contributed by atoms with Crippen LogP contribution in [0, 0.1) is 17.5 Å². The summed E-state index contributed by atoms with van der Waals surface area (Å²) in [7, 11) is 0. The molecule has 0 aliphatic carbocycles. The fourth-order valence-corrected chi connectivity index (χ4v) is 2.81. The van der Waals surface area contributed by atoms with Crippen molar-refractivity contribution in [3.8, 4) is 22.5 Å². The number of rotatable bonds is 6. The fraction of sp³-hybridized carbons (Fsp3) is 0.238. The molecular weight excluding hydrogens is 337 g/mol. The van der Waals surface area contributed by atoms with Crippen LogP contribution in [0.2, 0.25) is 0 Å². The van der Waals surface area contributed by atoms with Crippen LogP contribution < -0.4 is 0 Å². The number of hydrogen-bond acceptors (Lipinski definition) is 2. The summed E-state index contributed by atoms with van der Waals surface area (Å²) in [6.45, 7) is 2.15. The molecule has 0 fully saturated rings. The van der Waals surface area contributed by atoms with Crippen LogP contribution in [0.25, 0.3) is 22.5 Å². The number of nitrogens with zero attached hydrogens (tertiary/aromatic N) is 2. The summed E-state index contributed by atoms with van der Waals surface area (Å²) in [6.07, 6.45) is 7.84. The number of benzene rings is 2. The lowest BCUT2D eigenvalue weighted by Crippen LogP contribution is -1.95. The lowest BCUT2D eigenvalue weighted by Gasteiger charge is -2.07. The maximum Gasteiger partial charge on any atom is 0.159 e. The van der Waals surface area contributed by atoms with E-state index in [1.165, 1.54) is 12.1 Å². The molecule has 0 saturated carbocycles. The third-order valence-electron chi connectivity index (χ3n) is 4.18. The molecule has 0 N–H and O–H groups in total. The third kappa shape index (κ3) is 4.28. The van der Waals surface area contributed by atoms with Gasteiger partial charge in [0.2, 0.25) is 0 Å². The second kappa shape index (κ2) is 8.13. The molecule has 5 heteroatoms. The Balaban J connectivity index is 1.83. The molecule has 26 heavy (non-hydrogen) atoms. The molecule has 3 aromatic rings. The fourth-order valence-electron chi connectivity index (χ4n) is 2.81. The van der Waals surface area contributed by atoms with E-state index in [0.717, 1.165) is 49.4 Å². The minimum absolute atomic E-state index is 0.128. The van der Waals surface area contributed by atoms with Crippen LogP contribution in [0.3, 0.4) is 0 Å². The van der Waals surface area contributed by atoms with E-state index in [1.807, 2.05) is 0 Å². The maximum atomic E-state index is 14.5. The number of aryl methyl sites for hydroxylation is 1. The van der Waals surface area contributed by atoms with E-state index >= 15 is 0 Å². The van der Waals surface area contributed by atoms with Gasteiger partial charge in [-0.3, -0.25) is 0 Å². The Morgan fingerprint density at radius 2 is 1.50 bits per heavy atom. The molecule has 134 valence electrons. The molecule has 0 spiro atoms. The van der Waals surface area contributed by atoms with Crippen molar-refractivity contribution < 1.29 is 13.2 Å². The van der Waals surface area contributed by atoms with Gasteiger partial charge in [0, 0.05) is 29.6 Å². The zero-order valence-electron chi connectivity index (χ0n) is 14.5. The quantitative estimate of drug-likeness (QED) is 0.509. The summed E-state index contributed by atoms with van der Waals surface area (Å²) in [5.74, 6) is -1.65. The normalized spacial score (nSPS) is 10.9. The average molecular weight is 356 g/mol. The lowest BCUT2D eigenvalue weighted by atomic mass is 10.0. The van der Waals surface area contributed by atoms with Crippen molar-refractivity contribution >= 4 is 0 Å². The van der Waals surface area contributed by atoms with Crippen molar-refractivity contribution in [2.75, 3.05) is 0 Å². The van der Waals surface area contributed by atoms with E-state index in [-0.39, 0.29) is 11.1 Å². The zero-order chi connectivity index (χ0) is 18.5. The van der Waals surface area contributed by atoms with E-state index in [9.17, 15) is 13.2 Å². The highest BCUT2D eigenvalue weighted by Crippen LogP contribution is 2.28. The van der Waals surface area contributed by atoms with E-state index in [4.69, 9.17) is 0 Å². The van der Waals surface area contributed by atoms with Crippen LogP contribution in [0.1, 0.15) is 31.7 Å². The van der Waals surface area contributed by atoms with Gasteiger partial charge >= 0.3 is 0 Å². The first-order chi connectivity index (χ1) is 12.6. The monoisotopic (exact) mass is 356 g/mol. The van der Waals surface area contributed by atoms with Gasteiger partial charge in [0.1, 0.15) is 17.5 Å². The first-order valence-electron chi connectivity index (χ1n) is 8.64. The average Bonchev–Trinajstić information content (AvgIpc) is 2.61. The van der Waals surface area contributed by atoms with Gasteiger partial charge in [-0.2, -0.15) is 0 Å². The van der Waals surface area contributed by atoms with Crippen LogP contribution >= 0.6 is 0 Å². The molecule has 0 bridgehead atoms. The summed E-state index contributed by atoms with van der Waals surface area (Å²) in [5, 5.41) is 0. The summed E-state index contributed by atoms with van der Waals surface area (Å²) in [5.41, 5.74) is 1.85. The van der Waals surface area contributed by atoms with Gasteiger partial charge in [-0.1, -0.05) is 31.9 Å². The number of unbranched alkanes of at least 4 members (excludes halogenated alkanes) is 2. The summed E-state index contributed by atoms with van der Waals surface area (Å²) in [4.78, 5) is 8.60. The van der Waals surface area contributed by atoms with E-state index in [2.05, 4.69) is 16.9 Å². The molecular formula is C21H19F3N2. The third-order valence-corrected chi connectivity index (χ3v) is 4.18.